The van der Waals surface area contributed by atoms with Crippen molar-refractivity contribution in [3.8, 4) is 0 Å². The molecule has 1 fully saturated rings. The number of hydrogen-bond acceptors (Lipinski definition) is 3. The van der Waals surface area contributed by atoms with Gasteiger partial charge in [-0.05, 0) is 12.3 Å². The van der Waals surface area contributed by atoms with Crippen LogP contribution in [0.25, 0.3) is 0 Å². The van der Waals surface area contributed by atoms with Crippen molar-refractivity contribution in [1.82, 2.24) is 9.78 Å². The molecule has 0 bridgehead atoms. The van der Waals surface area contributed by atoms with E-state index in [1.54, 1.807) is 12.3 Å². The van der Waals surface area contributed by atoms with E-state index in [1.165, 1.54) is 36.8 Å². The quantitative estimate of drug-likeness (QED) is 0.818. The summed E-state index contributed by atoms with van der Waals surface area (Å²) in [4.78, 5) is 11.9. The van der Waals surface area contributed by atoms with Gasteiger partial charge in [-0.3, -0.25) is 4.79 Å². The van der Waals surface area contributed by atoms with Crippen LogP contribution in [0.1, 0.15) is 38.5 Å². The van der Waals surface area contributed by atoms with Gasteiger partial charge in [0.1, 0.15) is 5.02 Å². The Balaban J connectivity index is 1.91. The monoisotopic (exact) mass is 295 g/mol. The van der Waals surface area contributed by atoms with E-state index in [2.05, 4.69) is 17.0 Å². The van der Waals surface area contributed by atoms with E-state index < -0.39 is 0 Å². The maximum Gasteiger partial charge on any atom is 0.287 e. The zero-order chi connectivity index (χ0) is 14.4. The molecule has 0 spiro atoms. The summed E-state index contributed by atoms with van der Waals surface area (Å²) in [5.41, 5.74) is 0.363. The zero-order valence-electron chi connectivity index (χ0n) is 11.8. The van der Waals surface area contributed by atoms with Gasteiger partial charge >= 0.3 is 0 Å². The first-order valence-corrected chi connectivity index (χ1v) is 7.70. The average molecular weight is 296 g/mol. The second-order valence-corrected chi connectivity index (χ2v) is 5.75. The smallest absolute Gasteiger partial charge is 0.287 e. The summed E-state index contributed by atoms with van der Waals surface area (Å²) in [5, 5.41) is 7.53. The SMILES string of the molecule is C=CCn1ncc(NCCC2CCCCC2)c(Cl)c1=O. The van der Waals surface area contributed by atoms with Crippen molar-refractivity contribution in [3.05, 3.63) is 34.2 Å². The summed E-state index contributed by atoms with van der Waals surface area (Å²) in [7, 11) is 0. The summed E-state index contributed by atoms with van der Waals surface area (Å²) in [5.74, 6) is 0.809. The van der Waals surface area contributed by atoms with E-state index in [0.29, 0.717) is 12.2 Å². The second kappa shape index (κ2) is 7.48. The standard InChI is InChI=1S/C15H22ClN3O/c1-2-10-19-15(20)14(16)13(11-18-19)17-9-8-12-6-4-3-5-7-12/h2,11-12,17H,1,3-10H2. The third-order valence-electron chi connectivity index (χ3n) is 3.88. The van der Waals surface area contributed by atoms with Gasteiger partial charge < -0.3 is 5.32 Å². The molecular formula is C15H22ClN3O. The Morgan fingerprint density at radius 3 is 2.90 bits per heavy atom. The van der Waals surface area contributed by atoms with Crippen LogP contribution in [0, 0.1) is 5.92 Å². The van der Waals surface area contributed by atoms with Crippen LogP contribution in [-0.2, 0) is 6.54 Å². The number of allylic oxidation sites excluding steroid dienone is 1. The minimum atomic E-state index is -0.269. The van der Waals surface area contributed by atoms with E-state index in [0.717, 1.165) is 18.9 Å². The van der Waals surface area contributed by atoms with E-state index in [4.69, 9.17) is 11.6 Å². The summed E-state index contributed by atoms with van der Waals surface area (Å²) in [6.45, 7) is 4.81. The highest BCUT2D eigenvalue weighted by Crippen LogP contribution is 2.26. The van der Waals surface area contributed by atoms with E-state index in [1.807, 2.05) is 0 Å². The van der Waals surface area contributed by atoms with Gasteiger partial charge in [0, 0.05) is 6.54 Å². The van der Waals surface area contributed by atoms with Crippen LogP contribution in [0.2, 0.25) is 5.02 Å². The van der Waals surface area contributed by atoms with Gasteiger partial charge in [0.25, 0.3) is 5.56 Å². The van der Waals surface area contributed by atoms with Crippen LogP contribution in [0.15, 0.2) is 23.6 Å². The number of hydrogen-bond donors (Lipinski definition) is 1. The fraction of sp³-hybridized carbons (Fsp3) is 0.600. The minimum Gasteiger partial charge on any atom is -0.382 e. The van der Waals surface area contributed by atoms with Crippen molar-refractivity contribution in [3.63, 3.8) is 0 Å². The first-order valence-electron chi connectivity index (χ1n) is 7.32. The lowest BCUT2D eigenvalue weighted by molar-refractivity contribution is 0.345. The molecule has 1 aromatic heterocycles. The molecule has 4 nitrogen and oxygen atoms in total. The molecular weight excluding hydrogens is 274 g/mol. The number of aromatic nitrogens is 2. The highest BCUT2D eigenvalue weighted by atomic mass is 35.5. The van der Waals surface area contributed by atoms with Crippen LogP contribution in [0.3, 0.4) is 0 Å². The van der Waals surface area contributed by atoms with Crippen LogP contribution in [0.4, 0.5) is 5.69 Å². The molecule has 5 heteroatoms. The number of halogens is 1. The Hall–Kier alpha value is -1.29. The first kappa shape index (κ1) is 15.1. The lowest BCUT2D eigenvalue weighted by atomic mass is 9.87. The van der Waals surface area contributed by atoms with Crippen LogP contribution >= 0.6 is 11.6 Å². The number of nitrogens with zero attached hydrogens (tertiary/aromatic N) is 2. The van der Waals surface area contributed by atoms with Gasteiger partial charge in [0.2, 0.25) is 0 Å². The van der Waals surface area contributed by atoms with Gasteiger partial charge in [-0.1, -0.05) is 49.8 Å². The molecule has 0 amide bonds. The maximum atomic E-state index is 11.9. The Morgan fingerprint density at radius 2 is 2.20 bits per heavy atom. The molecule has 0 unspecified atom stereocenters. The fourth-order valence-corrected chi connectivity index (χ4v) is 2.94. The van der Waals surface area contributed by atoms with Crippen molar-refractivity contribution < 1.29 is 0 Å². The average Bonchev–Trinajstić information content (AvgIpc) is 2.48. The maximum absolute atomic E-state index is 11.9. The normalized spacial score (nSPS) is 16.1. The molecule has 0 aromatic carbocycles. The molecule has 1 saturated carbocycles. The van der Waals surface area contributed by atoms with Crippen molar-refractivity contribution >= 4 is 17.3 Å². The summed E-state index contributed by atoms with van der Waals surface area (Å²) < 4.78 is 1.31. The van der Waals surface area contributed by atoms with Gasteiger partial charge in [0.15, 0.2) is 0 Å². The Kier molecular flexibility index (Phi) is 5.65. The Bertz CT molecular complexity index is 506. The second-order valence-electron chi connectivity index (χ2n) is 5.37. The van der Waals surface area contributed by atoms with Crippen LogP contribution in [-0.4, -0.2) is 16.3 Å². The third-order valence-corrected chi connectivity index (χ3v) is 4.24. The predicted molar refractivity (Wildman–Crippen MR) is 83.4 cm³/mol. The van der Waals surface area contributed by atoms with E-state index in [9.17, 15) is 4.79 Å². The Morgan fingerprint density at radius 1 is 1.45 bits per heavy atom. The molecule has 1 aromatic rings. The fourth-order valence-electron chi connectivity index (χ4n) is 2.73. The Labute approximate surface area is 124 Å². The molecule has 2 rings (SSSR count). The van der Waals surface area contributed by atoms with E-state index in [-0.39, 0.29) is 10.6 Å². The van der Waals surface area contributed by atoms with Crippen LogP contribution in [0.5, 0.6) is 0 Å². The lowest BCUT2D eigenvalue weighted by Crippen LogP contribution is -2.24. The first-order chi connectivity index (χ1) is 9.72. The summed E-state index contributed by atoms with van der Waals surface area (Å²) >= 11 is 6.09. The van der Waals surface area contributed by atoms with Crippen molar-refractivity contribution in [2.75, 3.05) is 11.9 Å². The third kappa shape index (κ3) is 3.85. The van der Waals surface area contributed by atoms with Crippen LogP contribution < -0.4 is 10.9 Å². The number of anilines is 1. The van der Waals surface area contributed by atoms with Gasteiger partial charge in [0.05, 0.1) is 18.4 Å². The largest absolute Gasteiger partial charge is 0.382 e. The van der Waals surface area contributed by atoms with Crippen molar-refractivity contribution in [2.45, 2.75) is 45.1 Å². The van der Waals surface area contributed by atoms with E-state index >= 15 is 0 Å². The lowest BCUT2D eigenvalue weighted by Gasteiger charge is -2.21. The number of nitrogens with one attached hydrogen (secondary N) is 1. The minimum absolute atomic E-state index is 0.213. The molecule has 1 aliphatic carbocycles. The molecule has 0 aliphatic heterocycles. The summed E-state index contributed by atoms with van der Waals surface area (Å²) in [6, 6.07) is 0. The molecule has 0 atom stereocenters. The summed E-state index contributed by atoms with van der Waals surface area (Å²) in [6.07, 6.45) is 11.1. The predicted octanol–water partition coefficient (Wildman–Crippen LogP) is 3.47. The van der Waals surface area contributed by atoms with Crippen molar-refractivity contribution in [1.29, 1.82) is 0 Å². The molecule has 1 N–H and O–H groups in total. The molecule has 20 heavy (non-hydrogen) atoms. The van der Waals surface area contributed by atoms with Gasteiger partial charge in [-0.25, -0.2) is 4.68 Å². The van der Waals surface area contributed by atoms with Gasteiger partial charge in [-0.2, -0.15) is 5.10 Å². The topological polar surface area (TPSA) is 46.9 Å². The molecule has 0 radical (unpaired) electrons. The van der Waals surface area contributed by atoms with Crippen molar-refractivity contribution in [2.24, 2.45) is 5.92 Å². The molecule has 0 saturated heterocycles. The molecule has 1 heterocycles. The highest BCUT2D eigenvalue weighted by molar-refractivity contribution is 6.32. The molecule has 110 valence electrons. The molecule has 1 aliphatic rings. The highest BCUT2D eigenvalue weighted by Gasteiger charge is 2.13. The number of rotatable bonds is 6. The van der Waals surface area contributed by atoms with Gasteiger partial charge in [-0.15, -0.1) is 6.58 Å². The zero-order valence-corrected chi connectivity index (χ0v) is 12.5.